The Labute approximate surface area is 124 Å². The van der Waals surface area contributed by atoms with Crippen molar-refractivity contribution >= 4 is 29.4 Å². The number of methoxy groups -OCH3 is 1. The molecule has 2 aromatic rings. The Kier molecular flexibility index (Phi) is 4.65. The molecule has 1 aliphatic rings. The van der Waals surface area contributed by atoms with E-state index < -0.39 is 0 Å². The first-order valence-electron chi connectivity index (χ1n) is 6.84. The monoisotopic (exact) mass is 294 g/mol. The highest BCUT2D eigenvalue weighted by Crippen LogP contribution is 2.30. The van der Waals surface area contributed by atoms with Crippen LogP contribution in [0.1, 0.15) is 48.5 Å². The zero-order chi connectivity index (χ0) is 13.2. The number of benzene rings is 1. The van der Waals surface area contributed by atoms with Crippen LogP contribution >= 0.6 is 12.4 Å². The van der Waals surface area contributed by atoms with Crippen molar-refractivity contribution in [3.8, 4) is 0 Å². The van der Waals surface area contributed by atoms with Crippen LogP contribution in [0.4, 0.5) is 0 Å². The van der Waals surface area contributed by atoms with Gasteiger partial charge < -0.3 is 9.30 Å². The van der Waals surface area contributed by atoms with Crippen LogP contribution in [0, 0.1) is 0 Å². The van der Waals surface area contributed by atoms with Crippen LogP contribution in [0.5, 0.6) is 0 Å². The fraction of sp³-hybridized carbons (Fsp3) is 0.467. The predicted octanol–water partition coefficient (Wildman–Crippen LogP) is 3.75. The molecule has 1 aromatic carbocycles. The predicted molar refractivity (Wildman–Crippen MR) is 80.4 cm³/mol. The van der Waals surface area contributed by atoms with Crippen molar-refractivity contribution in [1.82, 2.24) is 9.55 Å². The Morgan fingerprint density at radius 1 is 1.30 bits per heavy atom. The number of imidazole rings is 1. The number of fused-ring (bicyclic) bond motifs is 1. The lowest BCUT2D eigenvalue weighted by atomic mass is 9.95. The number of carbonyl (C=O) groups excluding carboxylic acids is 1. The second-order valence-electron chi connectivity index (χ2n) is 5.14. The smallest absolute Gasteiger partial charge is 0.337 e. The minimum atomic E-state index is -0.311. The van der Waals surface area contributed by atoms with Crippen molar-refractivity contribution in [1.29, 1.82) is 0 Å². The average Bonchev–Trinajstić information content (AvgIpc) is 2.90. The molecule has 0 radical (unpaired) electrons. The maximum Gasteiger partial charge on any atom is 0.337 e. The van der Waals surface area contributed by atoms with E-state index in [4.69, 9.17) is 4.74 Å². The van der Waals surface area contributed by atoms with Crippen molar-refractivity contribution in [3.63, 3.8) is 0 Å². The number of nitrogens with zero attached hydrogens (tertiary/aromatic N) is 2. The summed E-state index contributed by atoms with van der Waals surface area (Å²) in [5, 5.41) is 0. The van der Waals surface area contributed by atoms with E-state index >= 15 is 0 Å². The Balaban J connectivity index is 0.00000147. The fourth-order valence-electron chi connectivity index (χ4n) is 2.93. The summed E-state index contributed by atoms with van der Waals surface area (Å²) in [7, 11) is 1.40. The molecule has 0 aliphatic heterocycles. The van der Waals surface area contributed by atoms with E-state index in [0.29, 0.717) is 11.6 Å². The van der Waals surface area contributed by atoms with E-state index in [1.807, 2.05) is 18.5 Å². The van der Waals surface area contributed by atoms with E-state index in [1.165, 1.54) is 39.2 Å². The van der Waals surface area contributed by atoms with Gasteiger partial charge in [-0.25, -0.2) is 9.78 Å². The van der Waals surface area contributed by atoms with Gasteiger partial charge in [-0.05, 0) is 31.0 Å². The molecule has 0 unspecified atom stereocenters. The van der Waals surface area contributed by atoms with Crippen molar-refractivity contribution in [2.75, 3.05) is 7.11 Å². The van der Waals surface area contributed by atoms with Crippen molar-refractivity contribution < 1.29 is 9.53 Å². The molecular formula is C15H19ClN2O2. The first-order valence-corrected chi connectivity index (χ1v) is 6.84. The van der Waals surface area contributed by atoms with E-state index in [2.05, 4.69) is 9.55 Å². The maximum absolute atomic E-state index is 11.5. The lowest BCUT2D eigenvalue weighted by Gasteiger charge is -2.23. The van der Waals surface area contributed by atoms with Crippen LogP contribution in [0.2, 0.25) is 0 Å². The van der Waals surface area contributed by atoms with Crippen LogP contribution < -0.4 is 0 Å². The van der Waals surface area contributed by atoms with Crippen LogP contribution in [0.15, 0.2) is 24.5 Å². The molecule has 0 bridgehead atoms. The number of ether oxygens (including phenoxy) is 1. The molecule has 1 fully saturated rings. The molecule has 5 heteroatoms. The SMILES string of the molecule is COC(=O)c1ccc2c(c1)ncn2C1CCCCC1.Cl. The Bertz CT molecular complexity index is 603. The summed E-state index contributed by atoms with van der Waals surface area (Å²) < 4.78 is 6.99. The number of halogens is 1. The molecule has 1 saturated carbocycles. The number of hydrogen-bond donors (Lipinski definition) is 0. The zero-order valence-corrected chi connectivity index (χ0v) is 12.4. The second-order valence-corrected chi connectivity index (χ2v) is 5.14. The number of aromatic nitrogens is 2. The first-order chi connectivity index (χ1) is 9.29. The summed E-state index contributed by atoms with van der Waals surface area (Å²) >= 11 is 0. The maximum atomic E-state index is 11.5. The van der Waals surface area contributed by atoms with Crippen LogP contribution in [-0.2, 0) is 4.74 Å². The Hall–Kier alpha value is -1.55. The number of esters is 1. The minimum Gasteiger partial charge on any atom is -0.465 e. The van der Waals surface area contributed by atoms with Gasteiger partial charge in [-0.2, -0.15) is 0 Å². The summed E-state index contributed by atoms with van der Waals surface area (Å²) in [6.07, 6.45) is 8.29. The third-order valence-corrected chi connectivity index (χ3v) is 3.96. The molecule has 1 aliphatic carbocycles. The fourth-order valence-corrected chi connectivity index (χ4v) is 2.93. The van der Waals surface area contributed by atoms with Gasteiger partial charge in [0.2, 0.25) is 0 Å². The molecule has 3 rings (SSSR count). The Morgan fingerprint density at radius 3 is 2.75 bits per heavy atom. The molecule has 4 nitrogen and oxygen atoms in total. The molecule has 0 saturated heterocycles. The first kappa shape index (κ1) is 14.9. The van der Waals surface area contributed by atoms with Crippen molar-refractivity contribution in [2.45, 2.75) is 38.1 Å². The molecule has 0 N–H and O–H groups in total. The van der Waals surface area contributed by atoms with Crippen molar-refractivity contribution in [3.05, 3.63) is 30.1 Å². The molecule has 0 atom stereocenters. The van der Waals surface area contributed by atoms with Gasteiger partial charge in [-0.15, -0.1) is 12.4 Å². The summed E-state index contributed by atoms with van der Waals surface area (Å²) in [5.41, 5.74) is 2.54. The topological polar surface area (TPSA) is 44.1 Å². The number of carbonyl (C=O) groups is 1. The average molecular weight is 295 g/mol. The van der Waals surface area contributed by atoms with Gasteiger partial charge >= 0.3 is 5.97 Å². The standard InChI is InChI=1S/C15H18N2O2.ClH/c1-19-15(18)11-7-8-14-13(9-11)16-10-17(14)12-5-3-2-4-6-12;/h7-10,12H,2-6H2,1H3;1H. The quantitative estimate of drug-likeness (QED) is 0.792. The molecule has 0 amide bonds. The summed E-state index contributed by atoms with van der Waals surface area (Å²) in [5.74, 6) is -0.311. The van der Waals surface area contributed by atoms with Gasteiger partial charge in [0.05, 0.1) is 30.0 Å². The lowest BCUT2D eigenvalue weighted by Crippen LogP contribution is -2.11. The van der Waals surface area contributed by atoms with Gasteiger partial charge in [0.15, 0.2) is 0 Å². The van der Waals surface area contributed by atoms with Crippen LogP contribution in [0.3, 0.4) is 0 Å². The van der Waals surface area contributed by atoms with Gasteiger partial charge in [-0.1, -0.05) is 19.3 Å². The largest absolute Gasteiger partial charge is 0.465 e. The third-order valence-electron chi connectivity index (χ3n) is 3.96. The van der Waals surface area contributed by atoms with Gasteiger partial charge in [0.1, 0.15) is 0 Å². The lowest BCUT2D eigenvalue weighted by molar-refractivity contribution is 0.0601. The van der Waals surface area contributed by atoms with Crippen LogP contribution in [-0.4, -0.2) is 22.6 Å². The highest BCUT2D eigenvalue weighted by molar-refractivity contribution is 5.93. The Morgan fingerprint density at radius 2 is 2.05 bits per heavy atom. The summed E-state index contributed by atoms with van der Waals surface area (Å²) in [6.45, 7) is 0. The van der Waals surface area contributed by atoms with E-state index in [-0.39, 0.29) is 18.4 Å². The highest BCUT2D eigenvalue weighted by atomic mass is 35.5. The number of rotatable bonds is 2. The zero-order valence-electron chi connectivity index (χ0n) is 11.5. The number of hydrogen-bond acceptors (Lipinski definition) is 3. The molecule has 20 heavy (non-hydrogen) atoms. The van der Waals surface area contributed by atoms with Gasteiger partial charge in [0.25, 0.3) is 0 Å². The minimum absolute atomic E-state index is 0. The highest BCUT2D eigenvalue weighted by Gasteiger charge is 2.17. The van der Waals surface area contributed by atoms with Crippen LogP contribution in [0.25, 0.3) is 11.0 Å². The van der Waals surface area contributed by atoms with E-state index in [9.17, 15) is 4.79 Å². The molecule has 1 heterocycles. The third kappa shape index (κ3) is 2.66. The molecule has 108 valence electrons. The van der Waals surface area contributed by atoms with E-state index in [1.54, 1.807) is 6.07 Å². The molecular weight excluding hydrogens is 276 g/mol. The molecule has 1 aromatic heterocycles. The van der Waals surface area contributed by atoms with E-state index in [0.717, 1.165) is 11.0 Å². The van der Waals surface area contributed by atoms with Gasteiger partial charge in [0, 0.05) is 6.04 Å². The van der Waals surface area contributed by atoms with Gasteiger partial charge in [-0.3, -0.25) is 0 Å². The van der Waals surface area contributed by atoms with Crippen molar-refractivity contribution in [2.24, 2.45) is 0 Å². The second kappa shape index (κ2) is 6.27. The molecule has 0 spiro atoms. The summed E-state index contributed by atoms with van der Waals surface area (Å²) in [4.78, 5) is 15.9. The summed E-state index contributed by atoms with van der Waals surface area (Å²) in [6, 6.07) is 6.15. The normalized spacial score (nSPS) is 15.8.